The van der Waals surface area contributed by atoms with Crippen LogP contribution in [-0.2, 0) is 11.2 Å². The van der Waals surface area contributed by atoms with Crippen molar-refractivity contribution in [2.75, 3.05) is 32.0 Å². The molecular weight excluding hydrogens is 272 g/mol. The van der Waals surface area contributed by atoms with Gasteiger partial charge in [-0.25, -0.2) is 0 Å². The molecule has 1 amide bonds. The lowest BCUT2D eigenvalue weighted by molar-refractivity contribution is 0.0302. The summed E-state index contributed by atoms with van der Waals surface area (Å²) in [4.78, 5) is 16.0. The minimum absolute atomic E-state index is 0.114. The van der Waals surface area contributed by atoms with Crippen LogP contribution in [0.25, 0.3) is 0 Å². The second-order valence-corrected chi connectivity index (χ2v) is 6.72. The van der Waals surface area contributed by atoms with E-state index in [4.69, 9.17) is 10.5 Å². The maximum atomic E-state index is 12.8. The molecule has 0 aromatic carbocycles. The van der Waals surface area contributed by atoms with Crippen molar-refractivity contribution in [2.24, 2.45) is 0 Å². The van der Waals surface area contributed by atoms with Gasteiger partial charge in [0.2, 0.25) is 0 Å². The average Bonchev–Trinajstić information content (AvgIpc) is 2.83. The van der Waals surface area contributed by atoms with E-state index in [1.54, 1.807) is 11.3 Å². The number of hydrogen-bond acceptors (Lipinski definition) is 4. The van der Waals surface area contributed by atoms with Crippen molar-refractivity contribution in [3.63, 3.8) is 0 Å². The number of nitrogen functional groups attached to an aromatic ring is 1. The number of carbonyl (C=O) groups excluding carboxylic acids is 1. The molecule has 2 heterocycles. The Morgan fingerprint density at radius 1 is 1.45 bits per heavy atom. The highest BCUT2D eigenvalue weighted by molar-refractivity contribution is 7.16. The number of ether oxygens (including phenoxy) is 1. The van der Waals surface area contributed by atoms with Gasteiger partial charge < -0.3 is 15.4 Å². The Bertz CT molecular complexity index is 506. The number of morpholine rings is 1. The molecule has 0 bridgehead atoms. The topological polar surface area (TPSA) is 55.6 Å². The van der Waals surface area contributed by atoms with E-state index < -0.39 is 0 Å². The van der Waals surface area contributed by atoms with Crippen molar-refractivity contribution in [3.8, 4) is 0 Å². The number of nitrogens with two attached hydrogens (primary N) is 1. The van der Waals surface area contributed by atoms with Crippen LogP contribution in [0.5, 0.6) is 0 Å². The number of nitrogens with zero attached hydrogens (tertiary/aromatic N) is 1. The van der Waals surface area contributed by atoms with E-state index in [1.807, 2.05) is 4.90 Å². The molecule has 1 fully saturated rings. The van der Waals surface area contributed by atoms with Crippen molar-refractivity contribution in [3.05, 3.63) is 16.0 Å². The number of aryl methyl sites for hydroxylation is 1. The maximum Gasteiger partial charge on any atom is 0.257 e. The summed E-state index contributed by atoms with van der Waals surface area (Å²) in [6, 6.07) is 0. The van der Waals surface area contributed by atoms with Crippen molar-refractivity contribution in [2.45, 2.75) is 38.5 Å². The largest absolute Gasteiger partial charge is 0.390 e. The number of hydrogen-bond donors (Lipinski definition) is 1. The molecule has 0 radical (unpaired) electrons. The molecule has 1 aromatic rings. The van der Waals surface area contributed by atoms with Crippen molar-refractivity contribution in [1.82, 2.24) is 4.90 Å². The lowest BCUT2D eigenvalue weighted by Crippen LogP contribution is -2.41. The first-order valence-electron chi connectivity index (χ1n) is 7.50. The summed E-state index contributed by atoms with van der Waals surface area (Å²) in [6.45, 7) is 4.83. The van der Waals surface area contributed by atoms with E-state index >= 15 is 0 Å². The van der Waals surface area contributed by atoms with Gasteiger partial charge >= 0.3 is 0 Å². The molecule has 1 atom stereocenters. The summed E-state index contributed by atoms with van der Waals surface area (Å²) in [5.74, 6) is 0.621. The first-order valence-corrected chi connectivity index (χ1v) is 8.32. The van der Waals surface area contributed by atoms with Gasteiger partial charge in [-0.05, 0) is 37.2 Å². The van der Waals surface area contributed by atoms with Crippen LogP contribution >= 0.6 is 11.3 Å². The smallest absolute Gasteiger partial charge is 0.257 e. The van der Waals surface area contributed by atoms with Crippen LogP contribution in [0.1, 0.15) is 52.9 Å². The first kappa shape index (κ1) is 13.9. The zero-order valence-electron chi connectivity index (χ0n) is 12.0. The number of carbonyl (C=O) groups is 1. The summed E-state index contributed by atoms with van der Waals surface area (Å²) in [6.07, 6.45) is 4.57. The average molecular weight is 294 g/mol. The van der Waals surface area contributed by atoms with Gasteiger partial charge in [-0.2, -0.15) is 0 Å². The summed E-state index contributed by atoms with van der Waals surface area (Å²) in [7, 11) is 0. The summed E-state index contributed by atoms with van der Waals surface area (Å²) in [5, 5.41) is 0.715. The monoisotopic (exact) mass is 294 g/mol. The predicted octanol–water partition coefficient (Wildman–Crippen LogP) is 2.63. The first-order chi connectivity index (χ1) is 9.72. The molecule has 2 aliphatic rings. The summed E-state index contributed by atoms with van der Waals surface area (Å²) >= 11 is 1.63. The van der Waals surface area contributed by atoms with Crippen LogP contribution in [0.4, 0.5) is 5.00 Å². The number of rotatable bonds is 2. The van der Waals surface area contributed by atoms with Gasteiger partial charge in [0, 0.05) is 18.0 Å². The Hall–Kier alpha value is -1.07. The van der Waals surface area contributed by atoms with Gasteiger partial charge in [0.1, 0.15) is 0 Å². The lowest BCUT2D eigenvalue weighted by atomic mass is 9.83. The quantitative estimate of drug-likeness (QED) is 0.912. The zero-order chi connectivity index (χ0) is 14.1. The fourth-order valence-corrected chi connectivity index (χ4v) is 4.53. The van der Waals surface area contributed by atoms with Crippen LogP contribution in [0.2, 0.25) is 0 Å². The molecule has 20 heavy (non-hydrogen) atoms. The number of fused-ring (bicyclic) bond motifs is 1. The molecule has 5 heteroatoms. The van der Waals surface area contributed by atoms with Gasteiger partial charge in [0.15, 0.2) is 0 Å². The van der Waals surface area contributed by atoms with Gasteiger partial charge in [-0.3, -0.25) is 4.79 Å². The van der Waals surface area contributed by atoms with Gasteiger partial charge in [0.05, 0.1) is 23.8 Å². The summed E-state index contributed by atoms with van der Waals surface area (Å²) in [5.41, 5.74) is 8.25. The highest BCUT2D eigenvalue weighted by Gasteiger charge is 2.32. The van der Waals surface area contributed by atoms with E-state index in [1.165, 1.54) is 23.3 Å². The number of anilines is 1. The Balaban J connectivity index is 1.96. The third kappa shape index (κ3) is 2.33. The Labute approximate surface area is 123 Å². The van der Waals surface area contributed by atoms with Crippen LogP contribution < -0.4 is 5.73 Å². The Kier molecular flexibility index (Phi) is 3.98. The van der Waals surface area contributed by atoms with Crippen LogP contribution in [0.3, 0.4) is 0 Å². The fraction of sp³-hybridized carbons (Fsp3) is 0.667. The van der Waals surface area contributed by atoms with Crippen LogP contribution in [0, 0.1) is 0 Å². The maximum absolute atomic E-state index is 12.8. The fourth-order valence-electron chi connectivity index (χ4n) is 3.34. The minimum Gasteiger partial charge on any atom is -0.390 e. The molecule has 3 rings (SSSR count). The molecule has 1 aromatic heterocycles. The van der Waals surface area contributed by atoms with Crippen LogP contribution in [-0.4, -0.2) is 37.1 Å². The standard InChI is InChI=1S/C15H22N2O2S/c1-2-10-4-3-5-11-12(10)13(14(16)20-11)15(18)17-6-8-19-9-7-17/h10H,2-9,16H2,1H3. The van der Waals surface area contributed by atoms with Crippen molar-refractivity contribution in [1.29, 1.82) is 0 Å². The number of amides is 1. The third-order valence-electron chi connectivity index (χ3n) is 4.42. The van der Waals surface area contributed by atoms with Gasteiger partial charge in [-0.1, -0.05) is 6.92 Å². The van der Waals surface area contributed by atoms with Gasteiger partial charge in [-0.15, -0.1) is 11.3 Å². The molecular formula is C15H22N2O2S. The Morgan fingerprint density at radius 3 is 2.90 bits per heavy atom. The molecule has 1 saturated heterocycles. The molecule has 0 spiro atoms. The third-order valence-corrected chi connectivity index (χ3v) is 5.51. The zero-order valence-corrected chi connectivity index (χ0v) is 12.8. The van der Waals surface area contributed by atoms with E-state index in [2.05, 4.69) is 6.92 Å². The minimum atomic E-state index is 0.114. The molecule has 1 unspecified atom stereocenters. The van der Waals surface area contributed by atoms with Crippen molar-refractivity contribution >= 4 is 22.2 Å². The molecule has 110 valence electrons. The highest BCUT2D eigenvalue weighted by atomic mass is 32.1. The molecule has 1 aliphatic carbocycles. The number of thiophene rings is 1. The summed E-state index contributed by atoms with van der Waals surface area (Å²) < 4.78 is 5.33. The molecule has 4 nitrogen and oxygen atoms in total. The predicted molar refractivity (Wildman–Crippen MR) is 81.4 cm³/mol. The molecule has 0 saturated carbocycles. The second-order valence-electron chi connectivity index (χ2n) is 5.58. The SMILES string of the molecule is CCC1CCCc2sc(N)c(C(=O)N3CCOCC3)c21. The van der Waals surface area contributed by atoms with E-state index in [-0.39, 0.29) is 5.91 Å². The van der Waals surface area contributed by atoms with E-state index in [0.717, 1.165) is 18.4 Å². The van der Waals surface area contributed by atoms with E-state index in [0.29, 0.717) is 37.2 Å². The molecule has 2 N–H and O–H groups in total. The second kappa shape index (κ2) is 5.74. The lowest BCUT2D eigenvalue weighted by Gasteiger charge is -2.29. The Morgan fingerprint density at radius 2 is 2.20 bits per heavy atom. The van der Waals surface area contributed by atoms with Crippen LogP contribution in [0.15, 0.2) is 0 Å². The van der Waals surface area contributed by atoms with Gasteiger partial charge in [0.25, 0.3) is 5.91 Å². The normalized spacial score (nSPS) is 22.6. The highest BCUT2D eigenvalue weighted by Crippen LogP contribution is 2.44. The molecule has 1 aliphatic heterocycles. The van der Waals surface area contributed by atoms with E-state index in [9.17, 15) is 4.79 Å². The van der Waals surface area contributed by atoms with Crippen molar-refractivity contribution < 1.29 is 9.53 Å².